The Morgan fingerprint density at radius 1 is 1.19 bits per heavy atom. The number of nitrogens with zero attached hydrogens (tertiary/aromatic N) is 4. The molecule has 160 valence electrons. The first-order valence-corrected chi connectivity index (χ1v) is 11.0. The molecule has 3 aromatic heterocycles. The van der Waals surface area contributed by atoms with Crippen molar-refractivity contribution in [2.45, 2.75) is 33.7 Å². The molecule has 1 atom stereocenters. The van der Waals surface area contributed by atoms with Gasteiger partial charge in [-0.15, -0.1) is 11.3 Å². The third-order valence-electron chi connectivity index (χ3n) is 5.09. The van der Waals surface area contributed by atoms with Crippen LogP contribution in [-0.4, -0.2) is 32.3 Å². The first kappa shape index (κ1) is 21.0. The van der Waals surface area contributed by atoms with Crippen molar-refractivity contribution >= 4 is 28.3 Å². The number of fused-ring (bicyclic) bond motifs is 1. The van der Waals surface area contributed by atoms with Gasteiger partial charge in [-0.1, -0.05) is 29.8 Å². The molecule has 31 heavy (non-hydrogen) atoms. The van der Waals surface area contributed by atoms with Gasteiger partial charge in [0, 0.05) is 24.2 Å². The smallest absolute Gasteiger partial charge is 0.258 e. The summed E-state index contributed by atoms with van der Waals surface area (Å²) in [6.45, 7) is 7.84. The number of carbonyl (C=O) groups excluding carboxylic acids is 1. The molecule has 1 amide bonds. The predicted molar refractivity (Wildman–Crippen MR) is 122 cm³/mol. The van der Waals surface area contributed by atoms with Gasteiger partial charge in [0.15, 0.2) is 12.3 Å². The van der Waals surface area contributed by atoms with E-state index in [9.17, 15) is 4.79 Å². The maximum absolute atomic E-state index is 12.4. The third kappa shape index (κ3) is 4.44. The predicted octanol–water partition coefficient (Wildman–Crippen LogP) is 4.27. The van der Waals surface area contributed by atoms with E-state index in [-0.39, 0.29) is 18.6 Å². The summed E-state index contributed by atoms with van der Waals surface area (Å²) in [4.78, 5) is 21.5. The Kier molecular flexibility index (Phi) is 5.73. The Bertz CT molecular complexity index is 1240. The highest BCUT2D eigenvalue weighted by Crippen LogP contribution is 2.32. The maximum atomic E-state index is 12.4. The van der Waals surface area contributed by atoms with Gasteiger partial charge in [0.2, 0.25) is 5.88 Å². The molecular weight excluding hydrogens is 410 g/mol. The minimum Gasteiger partial charge on any atom is -0.468 e. The average molecular weight is 436 g/mol. The van der Waals surface area contributed by atoms with E-state index in [1.807, 2.05) is 70.5 Å². The van der Waals surface area contributed by atoms with Gasteiger partial charge < -0.3 is 10.1 Å². The van der Waals surface area contributed by atoms with Crippen molar-refractivity contribution in [1.82, 2.24) is 25.1 Å². The van der Waals surface area contributed by atoms with Gasteiger partial charge in [-0.25, -0.2) is 9.67 Å². The molecule has 4 rings (SSSR count). The number of hydrogen-bond donors (Lipinski definition) is 1. The summed E-state index contributed by atoms with van der Waals surface area (Å²) >= 11 is 1.56. The third-order valence-corrected chi connectivity index (χ3v) is 6.06. The lowest BCUT2D eigenvalue weighted by Crippen LogP contribution is -2.31. The van der Waals surface area contributed by atoms with Crippen molar-refractivity contribution in [3.8, 4) is 16.6 Å². The monoisotopic (exact) mass is 435 g/mol. The summed E-state index contributed by atoms with van der Waals surface area (Å²) in [5.74, 6) is 0.199. The number of aromatic nitrogens is 4. The molecular formula is C23H25N5O2S. The highest BCUT2D eigenvalue weighted by molar-refractivity contribution is 7.13. The molecule has 8 heteroatoms. The van der Waals surface area contributed by atoms with Crippen molar-refractivity contribution in [2.24, 2.45) is 7.05 Å². The zero-order valence-corrected chi connectivity index (χ0v) is 19.1. The van der Waals surface area contributed by atoms with Crippen molar-refractivity contribution in [2.75, 3.05) is 6.61 Å². The van der Waals surface area contributed by atoms with Crippen LogP contribution in [0.4, 0.5) is 0 Å². The highest BCUT2D eigenvalue weighted by atomic mass is 32.1. The fraction of sp³-hybridized carbons (Fsp3) is 0.304. The van der Waals surface area contributed by atoms with Crippen LogP contribution in [0.15, 0.2) is 35.7 Å². The Morgan fingerprint density at radius 2 is 1.94 bits per heavy atom. The summed E-state index contributed by atoms with van der Waals surface area (Å²) in [6.07, 6.45) is 0. The first-order valence-electron chi connectivity index (χ1n) is 10.1. The summed E-state index contributed by atoms with van der Waals surface area (Å²) in [6, 6.07) is 9.84. The number of nitrogens with one attached hydrogen (secondary N) is 1. The van der Waals surface area contributed by atoms with E-state index >= 15 is 0 Å². The molecule has 4 aromatic rings. The van der Waals surface area contributed by atoms with Crippen molar-refractivity contribution in [3.63, 3.8) is 0 Å². The van der Waals surface area contributed by atoms with Crippen LogP contribution >= 0.6 is 11.3 Å². The second kappa shape index (κ2) is 8.47. The van der Waals surface area contributed by atoms with E-state index in [0.717, 1.165) is 32.9 Å². The van der Waals surface area contributed by atoms with Crippen molar-refractivity contribution in [3.05, 3.63) is 58.1 Å². The Balaban J connectivity index is 1.48. The zero-order valence-electron chi connectivity index (χ0n) is 18.3. The lowest BCUT2D eigenvalue weighted by molar-refractivity contribution is -0.123. The molecule has 0 saturated heterocycles. The largest absolute Gasteiger partial charge is 0.468 e. The van der Waals surface area contributed by atoms with Gasteiger partial charge in [-0.05, 0) is 38.8 Å². The minimum absolute atomic E-state index is 0.102. The zero-order chi connectivity index (χ0) is 22.1. The number of aryl methyl sites for hydroxylation is 4. The Morgan fingerprint density at radius 3 is 2.61 bits per heavy atom. The normalized spacial score (nSPS) is 12.2. The minimum atomic E-state index is -0.198. The van der Waals surface area contributed by atoms with E-state index in [1.165, 1.54) is 5.56 Å². The lowest BCUT2D eigenvalue weighted by atomic mass is 10.1. The molecule has 0 fully saturated rings. The molecule has 0 spiro atoms. The van der Waals surface area contributed by atoms with Crippen LogP contribution in [0.5, 0.6) is 5.88 Å². The summed E-state index contributed by atoms with van der Waals surface area (Å²) < 4.78 is 7.43. The standard InChI is InChI=1S/C23H25N5O2S/c1-13-6-8-17(9-7-13)16(4)25-18(29)11-30-19-10-14(2)20-21(23-24-15(3)12-31-23)27-28(5)22(20)26-19/h6-10,12,16H,11H2,1-5H3,(H,25,29). The van der Waals surface area contributed by atoms with E-state index in [4.69, 9.17) is 4.74 Å². The molecule has 1 aromatic carbocycles. The highest BCUT2D eigenvalue weighted by Gasteiger charge is 2.18. The van der Waals surface area contributed by atoms with Gasteiger partial charge >= 0.3 is 0 Å². The van der Waals surface area contributed by atoms with Crippen molar-refractivity contribution < 1.29 is 9.53 Å². The number of carbonyl (C=O) groups is 1. The second-order valence-electron chi connectivity index (χ2n) is 7.73. The van der Waals surface area contributed by atoms with Crippen LogP contribution in [0.3, 0.4) is 0 Å². The van der Waals surface area contributed by atoms with Crippen LogP contribution in [0.25, 0.3) is 21.7 Å². The van der Waals surface area contributed by atoms with Gasteiger partial charge in [0.1, 0.15) is 10.7 Å². The molecule has 0 bridgehead atoms. The topological polar surface area (TPSA) is 81.9 Å². The van der Waals surface area contributed by atoms with Crippen LogP contribution in [0, 0.1) is 20.8 Å². The number of benzene rings is 1. The molecule has 1 unspecified atom stereocenters. The Labute approximate surface area is 185 Å². The molecule has 0 radical (unpaired) electrons. The summed E-state index contributed by atoms with van der Waals surface area (Å²) in [5, 5.41) is 11.4. The molecule has 7 nitrogen and oxygen atoms in total. The molecule has 0 saturated carbocycles. The van der Waals surface area contributed by atoms with E-state index in [2.05, 4.69) is 20.4 Å². The van der Waals surface area contributed by atoms with Crippen molar-refractivity contribution in [1.29, 1.82) is 0 Å². The number of ether oxygens (including phenoxy) is 1. The van der Waals surface area contributed by atoms with E-state index < -0.39 is 0 Å². The molecule has 0 aliphatic heterocycles. The van der Waals surface area contributed by atoms with Crippen LogP contribution in [0.2, 0.25) is 0 Å². The summed E-state index contributed by atoms with van der Waals surface area (Å²) in [5.41, 5.74) is 5.70. The number of rotatable bonds is 6. The number of amides is 1. The van der Waals surface area contributed by atoms with Gasteiger partial charge in [-0.2, -0.15) is 10.1 Å². The van der Waals surface area contributed by atoms with Gasteiger partial charge in [0.25, 0.3) is 5.91 Å². The van der Waals surface area contributed by atoms with E-state index in [0.29, 0.717) is 11.5 Å². The van der Waals surface area contributed by atoms with Crippen LogP contribution in [-0.2, 0) is 11.8 Å². The number of thiazole rings is 1. The fourth-order valence-corrected chi connectivity index (χ4v) is 4.23. The fourth-order valence-electron chi connectivity index (χ4n) is 3.45. The number of hydrogen-bond acceptors (Lipinski definition) is 6. The average Bonchev–Trinajstić information content (AvgIpc) is 3.30. The quantitative estimate of drug-likeness (QED) is 0.489. The number of pyridine rings is 1. The lowest BCUT2D eigenvalue weighted by Gasteiger charge is -2.15. The molecule has 0 aliphatic rings. The molecule has 1 N–H and O–H groups in total. The molecule has 3 heterocycles. The van der Waals surface area contributed by atoms with Crippen LogP contribution < -0.4 is 10.1 Å². The first-order chi connectivity index (χ1) is 14.8. The summed E-state index contributed by atoms with van der Waals surface area (Å²) in [7, 11) is 1.85. The maximum Gasteiger partial charge on any atom is 0.258 e. The second-order valence-corrected chi connectivity index (χ2v) is 8.59. The SMILES string of the molecule is Cc1ccc(C(C)NC(=O)COc2cc(C)c3c(-c4nc(C)cs4)nn(C)c3n2)cc1. The van der Waals surface area contributed by atoms with Gasteiger partial charge in [0.05, 0.1) is 11.4 Å². The van der Waals surface area contributed by atoms with Gasteiger partial charge in [-0.3, -0.25) is 4.79 Å². The molecule has 0 aliphatic carbocycles. The van der Waals surface area contributed by atoms with E-state index in [1.54, 1.807) is 16.0 Å². The Hall–Kier alpha value is -3.26. The van der Waals surface area contributed by atoms with Crippen LogP contribution in [0.1, 0.15) is 35.3 Å².